The predicted octanol–water partition coefficient (Wildman–Crippen LogP) is 2.53. The molecule has 0 fully saturated rings. The van der Waals surface area contributed by atoms with Crippen molar-refractivity contribution in [3.8, 4) is 0 Å². The lowest BCUT2D eigenvalue weighted by atomic mass is 9.91. The Morgan fingerprint density at radius 1 is 1.35 bits per heavy atom. The summed E-state index contributed by atoms with van der Waals surface area (Å²) in [4.78, 5) is 23.9. The van der Waals surface area contributed by atoms with Crippen LogP contribution in [0.2, 0.25) is 5.02 Å². The summed E-state index contributed by atoms with van der Waals surface area (Å²) in [5.41, 5.74) is 5.18. The summed E-state index contributed by atoms with van der Waals surface area (Å²) in [7, 11) is 0. The number of amides is 2. The van der Waals surface area contributed by atoms with Crippen LogP contribution in [0.4, 0.5) is 0 Å². The van der Waals surface area contributed by atoms with Gasteiger partial charge in [-0.15, -0.1) is 0 Å². The monoisotopic (exact) mass is 308 g/mol. The molecule has 0 bridgehead atoms. The summed E-state index contributed by atoms with van der Waals surface area (Å²) in [6, 6.07) is 8.38. The third kappa shape index (κ3) is 2.84. The lowest BCUT2D eigenvalue weighted by Crippen LogP contribution is -2.52. The van der Waals surface area contributed by atoms with Gasteiger partial charge in [-0.2, -0.15) is 11.3 Å². The first kappa shape index (κ1) is 14.6. The summed E-state index contributed by atoms with van der Waals surface area (Å²) >= 11 is 7.33. The third-order valence-electron chi connectivity index (χ3n) is 3.04. The van der Waals surface area contributed by atoms with Crippen molar-refractivity contribution in [2.24, 2.45) is 5.73 Å². The van der Waals surface area contributed by atoms with E-state index in [-0.39, 0.29) is 5.91 Å². The van der Waals surface area contributed by atoms with Gasteiger partial charge in [-0.05, 0) is 36.1 Å². The second-order valence-corrected chi connectivity index (χ2v) is 5.68. The average molecular weight is 309 g/mol. The topological polar surface area (TPSA) is 72.2 Å². The average Bonchev–Trinajstić information content (AvgIpc) is 2.92. The molecule has 0 aliphatic carbocycles. The number of hydrogen-bond acceptors (Lipinski definition) is 3. The number of primary amides is 1. The molecule has 0 spiro atoms. The molecule has 2 aromatic rings. The molecule has 20 heavy (non-hydrogen) atoms. The molecule has 3 N–H and O–H groups in total. The third-order valence-corrected chi connectivity index (χ3v) is 3.96. The van der Waals surface area contributed by atoms with Crippen molar-refractivity contribution >= 4 is 34.8 Å². The van der Waals surface area contributed by atoms with E-state index in [1.54, 1.807) is 48.0 Å². The number of rotatable bonds is 4. The molecule has 0 saturated heterocycles. The van der Waals surface area contributed by atoms with Crippen LogP contribution < -0.4 is 11.1 Å². The fourth-order valence-electron chi connectivity index (χ4n) is 1.77. The molecule has 0 aliphatic rings. The van der Waals surface area contributed by atoms with Crippen molar-refractivity contribution in [1.82, 2.24) is 5.32 Å². The molecule has 0 aliphatic heterocycles. The van der Waals surface area contributed by atoms with Crippen LogP contribution in [0.3, 0.4) is 0 Å². The van der Waals surface area contributed by atoms with Gasteiger partial charge in [-0.25, -0.2) is 0 Å². The molecule has 1 aromatic carbocycles. The number of benzene rings is 1. The summed E-state index contributed by atoms with van der Waals surface area (Å²) in [5, 5.41) is 6.64. The molecule has 2 rings (SSSR count). The summed E-state index contributed by atoms with van der Waals surface area (Å²) < 4.78 is 0. The maximum Gasteiger partial charge on any atom is 0.253 e. The van der Waals surface area contributed by atoms with E-state index < -0.39 is 11.4 Å². The van der Waals surface area contributed by atoms with Crippen LogP contribution in [0.15, 0.2) is 41.1 Å². The molecule has 104 valence electrons. The first-order valence-electron chi connectivity index (χ1n) is 5.84. The minimum Gasteiger partial charge on any atom is -0.367 e. The number of nitrogens with two attached hydrogens (primary N) is 1. The van der Waals surface area contributed by atoms with Crippen molar-refractivity contribution < 1.29 is 9.59 Å². The molecular formula is C14H13ClN2O2S. The van der Waals surface area contributed by atoms with Gasteiger partial charge in [-0.1, -0.05) is 23.7 Å². The van der Waals surface area contributed by atoms with Crippen LogP contribution in [0, 0.1) is 0 Å². The number of carbonyl (C=O) groups is 2. The molecule has 1 aromatic heterocycles. The van der Waals surface area contributed by atoms with Crippen LogP contribution in [0.1, 0.15) is 22.8 Å². The van der Waals surface area contributed by atoms with E-state index in [0.29, 0.717) is 16.1 Å². The molecular weight excluding hydrogens is 296 g/mol. The lowest BCUT2D eigenvalue weighted by Gasteiger charge is -2.28. The number of hydrogen-bond donors (Lipinski definition) is 2. The molecule has 1 heterocycles. The lowest BCUT2D eigenvalue weighted by molar-refractivity contribution is -0.123. The van der Waals surface area contributed by atoms with Crippen molar-refractivity contribution in [2.45, 2.75) is 12.5 Å². The van der Waals surface area contributed by atoms with Crippen LogP contribution in [-0.4, -0.2) is 11.8 Å². The number of nitrogens with one attached hydrogen (secondary N) is 1. The van der Waals surface area contributed by atoms with Gasteiger partial charge >= 0.3 is 0 Å². The first-order chi connectivity index (χ1) is 9.43. The maximum absolute atomic E-state index is 12.1. The zero-order chi connectivity index (χ0) is 14.8. The van der Waals surface area contributed by atoms with E-state index in [1.165, 1.54) is 11.3 Å². The number of carbonyl (C=O) groups excluding carboxylic acids is 2. The van der Waals surface area contributed by atoms with Crippen LogP contribution in [-0.2, 0) is 10.3 Å². The van der Waals surface area contributed by atoms with Gasteiger partial charge in [0.15, 0.2) is 0 Å². The highest BCUT2D eigenvalue weighted by Crippen LogP contribution is 2.24. The summed E-state index contributed by atoms with van der Waals surface area (Å²) in [5.74, 6) is -1.00. The van der Waals surface area contributed by atoms with Gasteiger partial charge in [0, 0.05) is 10.4 Å². The van der Waals surface area contributed by atoms with E-state index in [2.05, 4.69) is 5.32 Å². The Morgan fingerprint density at radius 3 is 2.65 bits per heavy atom. The Balaban J connectivity index is 2.35. The standard InChI is InChI=1S/C14H13ClN2O2S/c1-14(13(16)19,10-3-2-4-11(15)7-10)17-12(18)9-5-6-20-8-9/h2-8H,1H3,(H2,16,19)(H,17,18). The molecule has 0 saturated carbocycles. The van der Waals surface area contributed by atoms with Gasteiger partial charge < -0.3 is 11.1 Å². The highest BCUT2D eigenvalue weighted by molar-refractivity contribution is 7.08. The van der Waals surface area contributed by atoms with Gasteiger partial charge in [-0.3, -0.25) is 9.59 Å². The zero-order valence-electron chi connectivity index (χ0n) is 10.7. The highest BCUT2D eigenvalue weighted by Gasteiger charge is 2.35. The summed E-state index contributed by atoms with van der Waals surface area (Å²) in [6.07, 6.45) is 0. The fraction of sp³-hybridized carbons (Fsp3) is 0.143. The highest BCUT2D eigenvalue weighted by atomic mass is 35.5. The van der Waals surface area contributed by atoms with Gasteiger partial charge in [0.2, 0.25) is 5.91 Å². The Labute approximate surface area is 125 Å². The fourth-order valence-corrected chi connectivity index (χ4v) is 2.59. The van der Waals surface area contributed by atoms with E-state index >= 15 is 0 Å². The molecule has 1 unspecified atom stereocenters. The van der Waals surface area contributed by atoms with Crippen molar-refractivity contribution in [1.29, 1.82) is 0 Å². The van der Waals surface area contributed by atoms with E-state index in [9.17, 15) is 9.59 Å². The van der Waals surface area contributed by atoms with E-state index in [0.717, 1.165) is 0 Å². The Bertz CT molecular complexity index is 642. The SMILES string of the molecule is CC(NC(=O)c1ccsc1)(C(N)=O)c1cccc(Cl)c1. The molecule has 4 nitrogen and oxygen atoms in total. The molecule has 0 radical (unpaired) electrons. The van der Waals surface area contributed by atoms with Gasteiger partial charge in [0.05, 0.1) is 5.56 Å². The molecule has 6 heteroatoms. The quantitative estimate of drug-likeness (QED) is 0.911. The van der Waals surface area contributed by atoms with Crippen molar-refractivity contribution in [3.63, 3.8) is 0 Å². The maximum atomic E-state index is 12.1. The zero-order valence-corrected chi connectivity index (χ0v) is 12.3. The summed E-state index contributed by atoms with van der Waals surface area (Å²) in [6.45, 7) is 1.56. The normalized spacial score (nSPS) is 13.5. The van der Waals surface area contributed by atoms with Gasteiger partial charge in [0.25, 0.3) is 5.91 Å². The van der Waals surface area contributed by atoms with Gasteiger partial charge in [0.1, 0.15) is 5.54 Å². The Morgan fingerprint density at radius 2 is 2.10 bits per heavy atom. The minimum absolute atomic E-state index is 0.354. The first-order valence-corrected chi connectivity index (χ1v) is 7.16. The smallest absolute Gasteiger partial charge is 0.253 e. The van der Waals surface area contributed by atoms with Crippen molar-refractivity contribution in [2.75, 3.05) is 0 Å². The van der Waals surface area contributed by atoms with Crippen molar-refractivity contribution in [3.05, 3.63) is 57.2 Å². The predicted molar refractivity (Wildman–Crippen MR) is 79.8 cm³/mol. The second-order valence-electron chi connectivity index (χ2n) is 4.47. The molecule has 1 atom stereocenters. The Hall–Kier alpha value is -1.85. The molecule has 2 amide bonds. The number of halogens is 1. The second kappa shape index (κ2) is 5.64. The van der Waals surface area contributed by atoms with E-state index in [1.807, 2.05) is 0 Å². The largest absolute Gasteiger partial charge is 0.367 e. The van der Waals surface area contributed by atoms with Crippen LogP contribution in [0.25, 0.3) is 0 Å². The number of thiophene rings is 1. The van der Waals surface area contributed by atoms with Crippen LogP contribution in [0.5, 0.6) is 0 Å². The minimum atomic E-state index is -1.32. The van der Waals surface area contributed by atoms with E-state index in [4.69, 9.17) is 17.3 Å². The van der Waals surface area contributed by atoms with Crippen LogP contribution >= 0.6 is 22.9 Å². The Kier molecular flexibility index (Phi) is 4.11.